The van der Waals surface area contributed by atoms with E-state index in [0.717, 1.165) is 43.1 Å². The van der Waals surface area contributed by atoms with Crippen LogP contribution in [0.25, 0.3) is 0 Å². The smallest absolute Gasteiger partial charge is 0.310 e. The van der Waals surface area contributed by atoms with Crippen LogP contribution >= 0.6 is 24.0 Å². The molecule has 2 saturated heterocycles. The van der Waals surface area contributed by atoms with E-state index in [1.165, 1.54) is 7.11 Å². The van der Waals surface area contributed by atoms with Gasteiger partial charge in [-0.15, -0.1) is 24.0 Å². The van der Waals surface area contributed by atoms with Crippen LogP contribution in [-0.2, 0) is 27.4 Å². The van der Waals surface area contributed by atoms with Gasteiger partial charge < -0.3 is 19.9 Å². The van der Waals surface area contributed by atoms with Gasteiger partial charge in [-0.1, -0.05) is 31.2 Å². The van der Waals surface area contributed by atoms with E-state index < -0.39 is 0 Å². The zero-order valence-electron chi connectivity index (χ0n) is 18.1. The second kappa shape index (κ2) is 11.5. The number of carbonyl (C=O) groups excluding carboxylic acids is 2. The van der Waals surface area contributed by atoms with Crippen LogP contribution in [0.2, 0.25) is 0 Å². The molecule has 1 amide bonds. The molecule has 1 aromatic rings. The maximum absolute atomic E-state index is 12.0. The van der Waals surface area contributed by atoms with E-state index in [2.05, 4.69) is 35.3 Å². The third kappa shape index (κ3) is 6.09. The molecule has 0 aromatic heterocycles. The van der Waals surface area contributed by atoms with Crippen LogP contribution in [0.1, 0.15) is 37.8 Å². The van der Waals surface area contributed by atoms with E-state index in [4.69, 9.17) is 9.73 Å². The van der Waals surface area contributed by atoms with E-state index in [-0.39, 0.29) is 47.7 Å². The summed E-state index contributed by atoms with van der Waals surface area (Å²) in [5, 5.41) is 3.34. The monoisotopic (exact) mass is 528 g/mol. The topological polar surface area (TPSA) is 74.2 Å². The normalized spacial score (nSPS) is 21.6. The van der Waals surface area contributed by atoms with Crippen LogP contribution in [0.4, 0.5) is 0 Å². The standard InChI is InChI=1S/C22H32N4O3.HI/c1-4-23-22(26-13-16(2)19(15-26)21(28)29-3)24-12-17-7-5-8-18(11-17)14-25-10-6-9-20(25)27;/h5,7-8,11,16,19H,4,6,9-10,12-15H2,1-3H3,(H,23,24);1H. The van der Waals surface area contributed by atoms with Crippen LogP contribution < -0.4 is 5.32 Å². The Balaban J connectivity index is 0.00000320. The first-order valence-electron chi connectivity index (χ1n) is 10.5. The minimum absolute atomic E-state index is 0. The number of hydrogen-bond donors (Lipinski definition) is 1. The van der Waals surface area contributed by atoms with Gasteiger partial charge in [0, 0.05) is 39.1 Å². The van der Waals surface area contributed by atoms with E-state index in [1.807, 2.05) is 17.9 Å². The minimum atomic E-state index is -0.153. The lowest BCUT2D eigenvalue weighted by molar-refractivity contribution is -0.146. The van der Waals surface area contributed by atoms with Crippen molar-refractivity contribution in [3.63, 3.8) is 0 Å². The average Bonchev–Trinajstić information content (AvgIpc) is 3.30. The Labute approximate surface area is 196 Å². The fraction of sp³-hybridized carbons (Fsp3) is 0.591. The highest BCUT2D eigenvalue weighted by molar-refractivity contribution is 14.0. The van der Waals surface area contributed by atoms with Gasteiger partial charge in [-0.25, -0.2) is 4.99 Å². The summed E-state index contributed by atoms with van der Waals surface area (Å²) in [5.74, 6) is 1.02. The maximum atomic E-state index is 12.0. The van der Waals surface area contributed by atoms with Crippen molar-refractivity contribution in [1.82, 2.24) is 15.1 Å². The summed E-state index contributed by atoms with van der Waals surface area (Å²) in [4.78, 5) is 32.7. The number of methoxy groups -OCH3 is 1. The lowest BCUT2D eigenvalue weighted by Crippen LogP contribution is -2.40. The largest absolute Gasteiger partial charge is 0.469 e. The van der Waals surface area contributed by atoms with E-state index in [0.29, 0.717) is 26.1 Å². The summed E-state index contributed by atoms with van der Waals surface area (Å²) < 4.78 is 4.94. The number of ether oxygens (including phenoxy) is 1. The Hall–Kier alpha value is -1.84. The predicted octanol–water partition coefficient (Wildman–Crippen LogP) is 2.63. The van der Waals surface area contributed by atoms with Gasteiger partial charge in [0.15, 0.2) is 5.96 Å². The third-order valence-corrected chi connectivity index (χ3v) is 5.70. The molecule has 0 aliphatic carbocycles. The van der Waals surface area contributed by atoms with Crippen molar-refractivity contribution >= 4 is 41.8 Å². The molecule has 1 N–H and O–H groups in total. The van der Waals surface area contributed by atoms with E-state index in [1.54, 1.807) is 0 Å². The predicted molar refractivity (Wildman–Crippen MR) is 128 cm³/mol. The molecule has 0 bridgehead atoms. The summed E-state index contributed by atoms with van der Waals surface area (Å²) in [6, 6.07) is 8.28. The number of esters is 1. The molecule has 2 aliphatic rings. The molecule has 2 fully saturated rings. The molecule has 0 spiro atoms. The van der Waals surface area contributed by atoms with Crippen molar-refractivity contribution in [2.24, 2.45) is 16.8 Å². The van der Waals surface area contributed by atoms with E-state index >= 15 is 0 Å². The number of halogens is 1. The number of hydrogen-bond acceptors (Lipinski definition) is 4. The van der Waals surface area contributed by atoms with Crippen molar-refractivity contribution in [3.05, 3.63) is 35.4 Å². The van der Waals surface area contributed by atoms with Gasteiger partial charge in [0.2, 0.25) is 5.91 Å². The van der Waals surface area contributed by atoms with E-state index in [9.17, 15) is 9.59 Å². The summed E-state index contributed by atoms with van der Waals surface area (Å²) in [5.41, 5.74) is 2.25. The number of benzene rings is 1. The highest BCUT2D eigenvalue weighted by Crippen LogP contribution is 2.24. The molecule has 166 valence electrons. The molecule has 0 saturated carbocycles. The van der Waals surface area contributed by atoms with Crippen molar-refractivity contribution in [2.75, 3.05) is 33.3 Å². The fourth-order valence-electron chi connectivity index (χ4n) is 4.11. The molecule has 0 radical (unpaired) electrons. The second-order valence-electron chi connectivity index (χ2n) is 7.92. The maximum Gasteiger partial charge on any atom is 0.310 e. The van der Waals surface area contributed by atoms with Gasteiger partial charge in [-0.05, 0) is 30.4 Å². The van der Waals surface area contributed by atoms with Crippen LogP contribution in [0.3, 0.4) is 0 Å². The number of likely N-dealkylation sites (tertiary alicyclic amines) is 2. The van der Waals surface area contributed by atoms with Gasteiger partial charge in [-0.2, -0.15) is 0 Å². The molecular formula is C22H33IN4O3. The summed E-state index contributed by atoms with van der Waals surface area (Å²) >= 11 is 0. The second-order valence-corrected chi connectivity index (χ2v) is 7.92. The minimum Gasteiger partial charge on any atom is -0.469 e. The fourth-order valence-corrected chi connectivity index (χ4v) is 4.11. The zero-order valence-corrected chi connectivity index (χ0v) is 20.4. The van der Waals surface area contributed by atoms with Crippen LogP contribution in [0, 0.1) is 11.8 Å². The Bertz CT molecular complexity index is 771. The number of nitrogens with zero attached hydrogens (tertiary/aromatic N) is 3. The molecule has 30 heavy (non-hydrogen) atoms. The van der Waals surface area contributed by atoms with Crippen molar-refractivity contribution in [1.29, 1.82) is 0 Å². The first-order valence-corrected chi connectivity index (χ1v) is 10.5. The molecule has 2 heterocycles. The Morgan fingerprint density at radius 3 is 2.73 bits per heavy atom. The van der Waals surface area contributed by atoms with Crippen molar-refractivity contribution in [2.45, 2.75) is 39.8 Å². The van der Waals surface area contributed by atoms with Gasteiger partial charge in [0.1, 0.15) is 0 Å². The Morgan fingerprint density at radius 1 is 1.30 bits per heavy atom. The summed E-state index contributed by atoms with van der Waals surface area (Å²) in [7, 11) is 1.44. The van der Waals surface area contributed by atoms with Gasteiger partial charge in [0.25, 0.3) is 0 Å². The zero-order chi connectivity index (χ0) is 20.8. The lowest BCUT2D eigenvalue weighted by Gasteiger charge is -2.21. The Kier molecular flexibility index (Phi) is 9.38. The quantitative estimate of drug-likeness (QED) is 0.266. The summed E-state index contributed by atoms with van der Waals surface area (Å²) in [6.45, 7) is 8.36. The van der Waals surface area contributed by atoms with Crippen LogP contribution in [0.5, 0.6) is 0 Å². The number of guanidine groups is 1. The molecule has 3 rings (SSSR count). The molecule has 2 unspecified atom stereocenters. The highest BCUT2D eigenvalue weighted by atomic mass is 127. The van der Waals surface area contributed by atoms with Crippen LogP contribution in [0.15, 0.2) is 29.3 Å². The molecule has 2 atom stereocenters. The number of nitrogens with one attached hydrogen (secondary N) is 1. The number of rotatable bonds is 6. The number of amides is 1. The first-order chi connectivity index (χ1) is 14.0. The molecule has 2 aliphatic heterocycles. The number of aliphatic imine (C=N–C) groups is 1. The molecule has 7 nitrogen and oxygen atoms in total. The summed E-state index contributed by atoms with van der Waals surface area (Å²) in [6.07, 6.45) is 1.62. The molecular weight excluding hydrogens is 495 g/mol. The SMILES string of the molecule is CCNC(=NCc1cccc(CN2CCCC2=O)c1)N1CC(C)C(C(=O)OC)C1.I. The molecule has 8 heteroatoms. The average molecular weight is 528 g/mol. The van der Waals surface area contributed by atoms with Crippen molar-refractivity contribution < 1.29 is 14.3 Å². The van der Waals surface area contributed by atoms with Gasteiger partial charge in [-0.3, -0.25) is 9.59 Å². The van der Waals surface area contributed by atoms with Crippen LogP contribution in [-0.4, -0.2) is 60.9 Å². The lowest BCUT2D eigenvalue weighted by atomic mass is 9.99. The highest BCUT2D eigenvalue weighted by Gasteiger charge is 2.36. The third-order valence-electron chi connectivity index (χ3n) is 5.70. The van der Waals surface area contributed by atoms with Gasteiger partial charge >= 0.3 is 5.97 Å². The number of carbonyl (C=O) groups is 2. The molecule has 1 aromatic carbocycles. The van der Waals surface area contributed by atoms with Gasteiger partial charge in [0.05, 0.1) is 19.6 Å². The Morgan fingerprint density at radius 2 is 2.07 bits per heavy atom. The van der Waals surface area contributed by atoms with Crippen molar-refractivity contribution in [3.8, 4) is 0 Å². The first kappa shape index (κ1) is 24.4.